The van der Waals surface area contributed by atoms with Gasteiger partial charge in [0.25, 0.3) is 0 Å². The molecule has 2 atom stereocenters. The lowest BCUT2D eigenvalue weighted by atomic mass is 9.87. The number of aromatic nitrogens is 1. The molecule has 1 fully saturated rings. The van der Waals surface area contributed by atoms with Gasteiger partial charge in [-0.15, -0.1) is 0 Å². The first-order valence-electron chi connectivity index (χ1n) is 5.98. The van der Waals surface area contributed by atoms with Crippen LogP contribution in [0.1, 0.15) is 32.6 Å². The van der Waals surface area contributed by atoms with E-state index in [2.05, 4.69) is 22.7 Å². The van der Waals surface area contributed by atoms with Crippen LogP contribution >= 0.6 is 0 Å². The Balaban J connectivity index is 1.97. The maximum absolute atomic E-state index is 5.33. The molecule has 0 bridgehead atoms. The van der Waals surface area contributed by atoms with Gasteiger partial charge in [-0.25, -0.2) is 10.8 Å². The fourth-order valence-electron chi connectivity index (χ4n) is 2.37. The van der Waals surface area contributed by atoms with Crippen LogP contribution < -0.4 is 16.6 Å². The maximum atomic E-state index is 5.33. The lowest BCUT2D eigenvalue weighted by Gasteiger charge is -2.27. The third-order valence-corrected chi connectivity index (χ3v) is 3.19. The highest BCUT2D eigenvalue weighted by Gasteiger charge is 2.18. The second-order valence-corrected chi connectivity index (χ2v) is 4.67. The van der Waals surface area contributed by atoms with Crippen LogP contribution in [-0.2, 0) is 0 Å². The molecule has 0 saturated heterocycles. The number of anilines is 2. The molecule has 0 spiro atoms. The second kappa shape index (κ2) is 5.16. The van der Waals surface area contributed by atoms with Crippen LogP contribution in [0.2, 0.25) is 0 Å². The summed E-state index contributed by atoms with van der Waals surface area (Å²) < 4.78 is 0. The summed E-state index contributed by atoms with van der Waals surface area (Å²) in [5.41, 5.74) is 2.56. The van der Waals surface area contributed by atoms with Crippen LogP contribution in [0.3, 0.4) is 0 Å². The molecule has 1 saturated carbocycles. The van der Waals surface area contributed by atoms with E-state index in [1.54, 1.807) is 0 Å². The molecular weight excluding hydrogens is 200 g/mol. The zero-order valence-corrected chi connectivity index (χ0v) is 9.74. The van der Waals surface area contributed by atoms with Crippen molar-refractivity contribution in [1.29, 1.82) is 0 Å². The predicted molar refractivity (Wildman–Crippen MR) is 67.1 cm³/mol. The van der Waals surface area contributed by atoms with E-state index < -0.39 is 0 Å². The van der Waals surface area contributed by atoms with Crippen molar-refractivity contribution < 1.29 is 0 Å². The molecule has 2 unspecified atom stereocenters. The Labute approximate surface area is 96.6 Å². The molecule has 4 heteroatoms. The minimum absolute atomic E-state index is 0.560. The van der Waals surface area contributed by atoms with Gasteiger partial charge in [0.2, 0.25) is 0 Å². The molecule has 2 rings (SSSR count). The number of rotatable bonds is 3. The SMILES string of the molecule is CC1CCCC(Nc2cccc(NN)n2)C1. The average molecular weight is 220 g/mol. The number of nitrogens with zero attached hydrogens (tertiary/aromatic N) is 1. The highest BCUT2D eigenvalue weighted by Crippen LogP contribution is 2.25. The van der Waals surface area contributed by atoms with Gasteiger partial charge >= 0.3 is 0 Å². The van der Waals surface area contributed by atoms with Gasteiger partial charge in [0.15, 0.2) is 0 Å². The smallest absolute Gasteiger partial charge is 0.142 e. The van der Waals surface area contributed by atoms with E-state index in [0.29, 0.717) is 11.9 Å². The van der Waals surface area contributed by atoms with Crippen molar-refractivity contribution in [1.82, 2.24) is 4.98 Å². The first-order chi connectivity index (χ1) is 7.78. The van der Waals surface area contributed by atoms with Gasteiger partial charge in [0.1, 0.15) is 11.6 Å². The predicted octanol–water partition coefficient (Wildman–Crippen LogP) is 2.36. The number of hydrogen-bond donors (Lipinski definition) is 3. The van der Waals surface area contributed by atoms with Crippen molar-refractivity contribution in [2.24, 2.45) is 11.8 Å². The number of pyridine rings is 1. The Kier molecular flexibility index (Phi) is 3.62. The fraction of sp³-hybridized carbons (Fsp3) is 0.583. The molecule has 4 nitrogen and oxygen atoms in total. The van der Waals surface area contributed by atoms with Gasteiger partial charge in [-0.1, -0.05) is 25.8 Å². The van der Waals surface area contributed by atoms with E-state index in [1.165, 1.54) is 25.7 Å². The van der Waals surface area contributed by atoms with Gasteiger partial charge in [0, 0.05) is 6.04 Å². The van der Waals surface area contributed by atoms with E-state index in [1.807, 2.05) is 18.2 Å². The molecule has 1 heterocycles. The highest BCUT2D eigenvalue weighted by molar-refractivity contribution is 5.44. The van der Waals surface area contributed by atoms with Crippen LogP contribution in [0.15, 0.2) is 18.2 Å². The van der Waals surface area contributed by atoms with Crippen LogP contribution in [-0.4, -0.2) is 11.0 Å². The number of hydrazine groups is 1. The topological polar surface area (TPSA) is 63.0 Å². The summed E-state index contributed by atoms with van der Waals surface area (Å²) in [5.74, 6) is 7.77. The monoisotopic (exact) mass is 220 g/mol. The van der Waals surface area contributed by atoms with Crippen molar-refractivity contribution in [2.45, 2.75) is 38.6 Å². The summed E-state index contributed by atoms with van der Waals surface area (Å²) in [6, 6.07) is 6.36. The molecule has 0 aliphatic heterocycles. The zero-order chi connectivity index (χ0) is 11.4. The summed E-state index contributed by atoms with van der Waals surface area (Å²) in [7, 11) is 0. The Hall–Kier alpha value is -1.29. The van der Waals surface area contributed by atoms with Crippen molar-refractivity contribution in [3.8, 4) is 0 Å². The molecule has 4 N–H and O–H groups in total. The number of nitrogen functional groups attached to an aromatic ring is 1. The Morgan fingerprint density at radius 1 is 1.31 bits per heavy atom. The lowest BCUT2D eigenvalue weighted by Crippen LogP contribution is -2.26. The van der Waals surface area contributed by atoms with Gasteiger partial charge in [-0.3, -0.25) is 0 Å². The minimum Gasteiger partial charge on any atom is -0.367 e. The number of nitrogens with one attached hydrogen (secondary N) is 2. The molecule has 16 heavy (non-hydrogen) atoms. The van der Waals surface area contributed by atoms with Crippen LogP contribution in [0, 0.1) is 5.92 Å². The van der Waals surface area contributed by atoms with Crippen LogP contribution in [0.5, 0.6) is 0 Å². The van der Waals surface area contributed by atoms with Crippen molar-refractivity contribution in [3.05, 3.63) is 18.2 Å². The van der Waals surface area contributed by atoms with E-state index >= 15 is 0 Å². The number of hydrogen-bond acceptors (Lipinski definition) is 4. The normalized spacial score (nSPS) is 25.1. The fourth-order valence-corrected chi connectivity index (χ4v) is 2.37. The molecule has 1 aromatic heterocycles. The molecule has 88 valence electrons. The number of nitrogens with two attached hydrogens (primary N) is 1. The van der Waals surface area contributed by atoms with Crippen molar-refractivity contribution in [3.63, 3.8) is 0 Å². The van der Waals surface area contributed by atoms with Crippen LogP contribution in [0.25, 0.3) is 0 Å². The maximum Gasteiger partial charge on any atom is 0.142 e. The lowest BCUT2D eigenvalue weighted by molar-refractivity contribution is 0.358. The van der Waals surface area contributed by atoms with Gasteiger partial charge in [0.05, 0.1) is 0 Å². The largest absolute Gasteiger partial charge is 0.367 e. The molecule has 0 radical (unpaired) electrons. The van der Waals surface area contributed by atoms with E-state index in [4.69, 9.17) is 5.84 Å². The van der Waals surface area contributed by atoms with Gasteiger partial charge in [-0.2, -0.15) is 0 Å². The summed E-state index contributed by atoms with van der Waals surface area (Å²) in [4.78, 5) is 4.36. The quantitative estimate of drug-likeness (QED) is 0.540. The van der Waals surface area contributed by atoms with Crippen molar-refractivity contribution in [2.75, 3.05) is 10.7 Å². The molecule has 0 aromatic carbocycles. The standard InChI is InChI=1S/C12H20N4/c1-9-4-2-5-10(8-9)14-11-6-3-7-12(15-11)16-13/h3,6-7,9-10H,2,4-5,8,13H2,1H3,(H2,14,15,16). The van der Waals surface area contributed by atoms with Gasteiger partial charge in [-0.05, 0) is 30.9 Å². The zero-order valence-electron chi connectivity index (χ0n) is 9.74. The van der Waals surface area contributed by atoms with Gasteiger partial charge < -0.3 is 10.7 Å². The Bertz CT molecular complexity index is 340. The Morgan fingerprint density at radius 2 is 2.12 bits per heavy atom. The van der Waals surface area contributed by atoms with E-state index in [0.717, 1.165) is 11.7 Å². The summed E-state index contributed by atoms with van der Waals surface area (Å²) >= 11 is 0. The van der Waals surface area contributed by atoms with E-state index in [-0.39, 0.29) is 0 Å². The van der Waals surface area contributed by atoms with Crippen LogP contribution in [0.4, 0.5) is 11.6 Å². The first-order valence-corrected chi connectivity index (χ1v) is 5.98. The highest BCUT2D eigenvalue weighted by atomic mass is 15.3. The Morgan fingerprint density at radius 3 is 2.88 bits per heavy atom. The molecule has 1 aliphatic carbocycles. The van der Waals surface area contributed by atoms with Crippen molar-refractivity contribution >= 4 is 11.6 Å². The summed E-state index contributed by atoms with van der Waals surface area (Å²) in [6.07, 6.45) is 5.15. The first kappa shape index (κ1) is 11.2. The third kappa shape index (κ3) is 2.85. The van der Waals surface area contributed by atoms with E-state index in [9.17, 15) is 0 Å². The molecule has 0 amide bonds. The molecule has 1 aliphatic rings. The minimum atomic E-state index is 0.560. The second-order valence-electron chi connectivity index (χ2n) is 4.67. The average Bonchev–Trinajstić information content (AvgIpc) is 2.29. The molecule has 1 aromatic rings. The molecular formula is C12H20N4. The summed E-state index contributed by atoms with van der Waals surface area (Å²) in [6.45, 7) is 2.32. The third-order valence-electron chi connectivity index (χ3n) is 3.19. The summed E-state index contributed by atoms with van der Waals surface area (Å²) in [5, 5.41) is 3.48.